The van der Waals surface area contributed by atoms with Crippen molar-refractivity contribution in [1.29, 1.82) is 0 Å². The molecule has 0 aliphatic heterocycles. The topological polar surface area (TPSA) is 78.9 Å². The molecule has 0 N–H and O–H groups in total. The molecule has 33 heavy (non-hydrogen) atoms. The van der Waals surface area contributed by atoms with Crippen LogP contribution >= 0.6 is 0 Å². The normalized spacial score (nSPS) is 39.2. The minimum atomic E-state index is -0.113. The highest BCUT2D eigenvalue weighted by atomic mass is 16.5. The van der Waals surface area contributed by atoms with E-state index in [9.17, 15) is 14.4 Å². The Morgan fingerprint density at radius 2 is 0.970 bits per heavy atom. The van der Waals surface area contributed by atoms with Gasteiger partial charge in [0.1, 0.15) is 18.0 Å². The first-order chi connectivity index (χ1) is 15.9. The van der Waals surface area contributed by atoms with Crippen LogP contribution in [0.2, 0.25) is 0 Å². The Hall–Kier alpha value is -1.43. The van der Waals surface area contributed by atoms with Crippen molar-refractivity contribution in [3.8, 4) is 0 Å². The zero-order valence-corrected chi connectivity index (χ0v) is 20.5. The van der Waals surface area contributed by atoms with Gasteiger partial charge in [-0.05, 0) is 109 Å². The molecule has 4 fully saturated rings. The third-order valence-electron chi connectivity index (χ3n) is 9.06. The molecule has 0 heterocycles. The Kier molecular flexibility index (Phi) is 8.48. The maximum Gasteiger partial charge on any atom is 0.309 e. The van der Waals surface area contributed by atoms with Gasteiger partial charge in [-0.25, -0.2) is 0 Å². The van der Waals surface area contributed by atoms with E-state index in [2.05, 4.69) is 0 Å². The number of fused-ring (bicyclic) bond motifs is 1. The van der Waals surface area contributed by atoms with Gasteiger partial charge in [0.05, 0.1) is 17.9 Å². The number of esters is 2. The molecule has 4 unspecified atom stereocenters. The van der Waals surface area contributed by atoms with E-state index in [0.717, 1.165) is 63.7 Å². The monoisotopic (exact) mass is 462 g/mol. The van der Waals surface area contributed by atoms with Gasteiger partial charge in [-0.15, -0.1) is 0 Å². The molecule has 0 radical (unpaired) electrons. The highest BCUT2D eigenvalue weighted by molar-refractivity contribution is 5.78. The van der Waals surface area contributed by atoms with Crippen molar-refractivity contribution < 1.29 is 28.6 Å². The lowest BCUT2D eigenvalue weighted by molar-refractivity contribution is -0.164. The molecule has 6 nitrogen and oxygen atoms in total. The van der Waals surface area contributed by atoms with Crippen molar-refractivity contribution in [2.75, 3.05) is 7.11 Å². The second-order valence-electron chi connectivity index (χ2n) is 11.1. The lowest BCUT2D eigenvalue weighted by atomic mass is 9.69. The standard InChI is InChI=1S/C27H42O6/c1-17(28)18-7-11-23(12-8-18)32-26(29)19-3-5-20(6-4-19)27(30)33-25-14-10-21-15-24(31-2)13-9-22(21)16-25/h18-25H,3-16H2,1-2H3. The summed E-state index contributed by atoms with van der Waals surface area (Å²) in [5.74, 6) is 1.41. The van der Waals surface area contributed by atoms with Gasteiger partial charge in [0.15, 0.2) is 0 Å². The Labute approximate surface area is 198 Å². The lowest BCUT2D eigenvalue weighted by Crippen LogP contribution is -2.38. The van der Waals surface area contributed by atoms with Gasteiger partial charge in [-0.2, -0.15) is 0 Å². The lowest BCUT2D eigenvalue weighted by Gasteiger charge is -2.41. The van der Waals surface area contributed by atoms with Crippen molar-refractivity contribution in [2.45, 2.75) is 115 Å². The third-order valence-corrected chi connectivity index (χ3v) is 9.06. The van der Waals surface area contributed by atoms with Crippen LogP contribution in [-0.2, 0) is 28.6 Å². The molecule has 0 saturated heterocycles. The molecule has 0 aromatic heterocycles. The van der Waals surface area contributed by atoms with Crippen LogP contribution in [0.25, 0.3) is 0 Å². The summed E-state index contributed by atoms with van der Waals surface area (Å²) in [6, 6.07) is 0. The number of methoxy groups -OCH3 is 1. The highest BCUT2D eigenvalue weighted by Gasteiger charge is 2.39. The van der Waals surface area contributed by atoms with Crippen LogP contribution in [0.4, 0.5) is 0 Å². The van der Waals surface area contributed by atoms with E-state index in [0.29, 0.717) is 37.7 Å². The van der Waals surface area contributed by atoms with Crippen molar-refractivity contribution in [3.63, 3.8) is 0 Å². The number of carbonyl (C=O) groups excluding carboxylic acids is 3. The molecule has 0 aromatic carbocycles. The van der Waals surface area contributed by atoms with E-state index >= 15 is 0 Å². The second-order valence-corrected chi connectivity index (χ2v) is 11.1. The molecule has 6 heteroatoms. The van der Waals surface area contributed by atoms with E-state index in [4.69, 9.17) is 14.2 Å². The van der Waals surface area contributed by atoms with Gasteiger partial charge in [0.25, 0.3) is 0 Å². The van der Waals surface area contributed by atoms with E-state index in [1.165, 1.54) is 6.42 Å². The van der Waals surface area contributed by atoms with Crippen LogP contribution in [0, 0.1) is 29.6 Å². The number of hydrogen-bond acceptors (Lipinski definition) is 6. The maximum absolute atomic E-state index is 12.8. The average Bonchev–Trinajstić information content (AvgIpc) is 2.84. The highest BCUT2D eigenvalue weighted by Crippen LogP contribution is 2.42. The van der Waals surface area contributed by atoms with Crippen molar-refractivity contribution >= 4 is 17.7 Å². The van der Waals surface area contributed by atoms with Gasteiger partial charge in [0.2, 0.25) is 0 Å². The fraction of sp³-hybridized carbons (Fsp3) is 0.889. The quantitative estimate of drug-likeness (QED) is 0.516. The molecular weight excluding hydrogens is 420 g/mol. The number of ether oxygens (including phenoxy) is 3. The number of rotatable bonds is 6. The summed E-state index contributed by atoms with van der Waals surface area (Å²) >= 11 is 0. The SMILES string of the molecule is COC1CCC2CC(OC(=O)C3CCC(C(=O)OC4CCC(C(C)=O)CC4)CC3)CCC2C1. The molecule has 4 rings (SSSR count). The van der Waals surface area contributed by atoms with Gasteiger partial charge >= 0.3 is 11.9 Å². The largest absolute Gasteiger partial charge is 0.462 e. The fourth-order valence-electron chi connectivity index (χ4n) is 6.80. The minimum absolute atomic E-state index is 0.0510. The summed E-state index contributed by atoms with van der Waals surface area (Å²) in [7, 11) is 1.81. The van der Waals surface area contributed by atoms with Gasteiger partial charge in [0, 0.05) is 13.0 Å². The Morgan fingerprint density at radius 1 is 0.545 bits per heavy atom. The van der Waals surface area contributed by atoms with Gasteiger partial charge < -0.3 is 14.2 Å². The first kappa shape index (κ1) is 24.7. The molecule has 0 amide bonds. The summed E-state index contributed by atoms with van der Waals surface area (Å²) in [6.45, 7) is 1.65. The molecule has 4 saturated carbocycles. The number of Topliss-reactive ketones (excluding diaryl/α,β-unsaturated/α-hetero) is 1. The molecule has 186 valence electrons. The van der Waals surface area contributed by atoms with Crippen LogP contribution in [-0.4, -0.2) is 43.1 Å². The average molecular weight is 463 g/mol. The number of ketones is 1. The van der Waals surface area contributed by atoms with E-state index in [1.54, 1.807) is 6.92 Å². The van der Waals surface area contributed by atoms with Crippen molar-refractivity contribution in [3.05, 3.63) is 0 Å². The number of carbonyl (C=O) groups is 3. The predicted molar refractivity (Wildman–Crippen MR) is 123 cm³/mol. The van der Waals surface area contributed by atoms with Crippen LogP contribution in [0.1, 0.15) is 96.8 Å². The van der Waals surface area contributed by atoms with Gasteiger partial charge in [-0.3, -0.25) is 14.4 Å². The molecule has 0 spiro atoms. The Morgan fingerprint density at radius 3 is 1.48 bits per heavy atom. The Balaban J connectivity index is 1.15. The fourth-order valence-corrected chi connectivity index (χ4v) is 6.80. The van der Waals surface area contributed by atoms with Crippen LogP contribution in [0.3, 0.4) is 0 Å². The van der Waals surface area contributed by atoms with E-state index < -0.39 is 0 Å². The van der Waals surface area contributed by atoms with Crippen LogP contribution in [0.15, 0.2) is 0 Å². The third kappa shape index (κ3) is 6.37. The summed E-state index contributed by atoms with van der Waals surface area (Å²) in [6.07, 6.45) is 13.0. The van der Waals surface area contributed by atoms with E-state index in [-0.39, 0.29) is 47.7 Å². The Bertz CT molecular complexity index is 689. The molecular formula is C27H42O6. The van der Waals surface area contributed by atoms with Crippen molar-refractivity contribution in [1.82, 2.24) is 0 Å². The second kappa shape index (κ2) is 11.3. The molecule has 4 aliphatic rings. The van der Waals surface area contributed by atoms with Crippen molar-refractivity contribution in [2.24, 2.45) is 29.6 Å². The van der Waals surface area contributed by atoms with E-state index in [1.807, 2.05) is 7.11 Å². The summed E-state index contributed by atoms with van der Waals surface area (Å²) in [4.78, 5) is 37.0. The summed E-state index contributed by atoms with van der Waals surface area (Å²) in [5.41, 5.74) is 0. The van der Waals surface area contributed by atoms with Crippen LogP contribution in [0.5, 0.6) is 0 Å². The molecule has 4 atom stereocenters. The first-order valence-electron chi connectivity index (χ1n) is 13.4. The van der Waals surface area contributed by atoms with Crippen LogP contribution < -0.4 is 0 Å². The van der Waals surface area contributed by atoms with Gasteiger partial charge in [-0.1, -0.05) is 0 Å². The smallest absolute Gasteiger partial charge is 0.309 e. The summed E-state index contributed by atoms with van der Waals surface area (Å²) < 4.78 is 17.3. The molecule has 0 bridgehead atoms. The first-order valence-corrected chi connectivity index (χ1v) is 13.4. The number of hydrogen-bond donors (Lipinski definition) is 0. The zero-order valence-electron chi connectivity index (χ0n) is 20.5. The predicted octanol–water partition coefficient (Wildman–Crippen LogP) is 5.01. The maximum atomic E-state index is 12.8. The molecule has 0 aromatic rings. The summed E-state index contributed by atoms with van der Waals surface area (Å²) in [5, 5.41) is 0. The zero-order chi connectivity index (χ0) is 23.4. The minimum Gasteiger partial charge on any atom is -0.462 e. The molecule has 4 aliphatic carbocycles.